The third kappa shape index (κ3) is 7.39. The number of rotatable bonds is 12. The van der Waals surface area contributed by atoms with E-state index in [1.165, 1.54) is 17.0 Å². The van der Waals surface area contributed by atoms with Crippen LogP contribution in [0, 0.1) is 12.7 Å². The van der Waals surface area contributed by atoms with Gasteiger partial charge in [-0.3, -0.25) is 9.69 Å². The molecule has 0 radical (unpaired) electrons. The minimum Gasteiger partial charge on any atom is -0.492 e. The maximum Gasteiger partial charge on any atom is 0.408 e. The fourth-order valence-corrected chi connectivity index (χ4v) is 6.87. The molecule has 2 bridgehead atoms. The van der Waals surface area contributed by atoms with Crippen LogP contribution in [0.5, 0.6) is 11.5 Å². The fraction of sp³-hybridized carbons (Fsp3) is 0.389. The maximum atomic E-state index is 14.5. The smallest absolute Gasteiger partial charge is 0.408 e. The predicted octanol–water partition coefficient (Wildman–Crippen LogP) is 6.46. The first-order valence-corrected chi connectivity index (χ1v) is 16.7. The predicted molar refractivity (Wildman–Crippen MR) is 178 cm³/mol. The van der Waals surface area contributed by atoms with Crippen molar-refractivity contribution in [3.8, 4) is 11.5 Å². The van der Waals surface area contributed by atoms with Crippen molar-refractivity contribution in [2.75, 3.05) is 32.8 Å². The van der Waals surface area contributed by atoms with Crippen LogP contribution in [0.15, 0.2) is 76.8 Å². The van der Waals surface area contributed by atoms with Gasteiger partial charge in [0, 0.05) is 30.8 Å². The van der Waals surface area contributed by atoms with Crippen molar-refractivity contribution in [3.63, 3.8) is 0 Å². The number of ether oxygens (including phenoxy) is 2. The lowest BCUT2D eigenvalue weighted by Gasteiger charge is -2.47. The molecule has 46 heavy (non-hydrogen) atoms. The van der Waals surface area contributed by atoms with Crippen LogP contribution < -0.4 is 14.8 Å². The zero-order chi connectivity index (χ0) is 32.2. The van der Waals surface area contributed by atoms with Crippen molar-refractivity contribution in [1.29, 1.82) is 0 Å². The highest BCUT2D eigenvalue weighted by molar-refractivity contribution is 9.10. The second-order valence-electron chi connectivity index (χ2n) is 12.2. The van der Waals surface area contributed by atoms with Gasteiger partial charge in [0.15, 0.2) is 0 Å². The Morgan fingerprint density at radius 1 is 1.04 bits per heavy atom. The highest BCUT2D eigenvalue weighted by Crippen LogP contribution is 2.39. The zero-order valence-electron chi connectivity index (χ0n) is 25.9. The minimum absolute atomic E-state index is 0.103. The van der Waals surface area contributed by atoms with E-state index in [9.17, 15) is 19.1 Å². The third-order valence-corrected chi connectivity index (χ3v) is 9.55. The number of amides is 2. The van der Waals surface area contributed by atoms with Gasteiger partial charge < -0.3 is 24.8 Å². The van der Waals surface area contributed by atoms with Gasteiger partial charge in [-0.15, -0.1) is 0 Å². The molecule has 2 N–H and O–H groups in total. The molecule has 1 aliphatic carbocycles. The van der Waals surface area contributed by atoms with Crippen LogP contribution in [-0.4, -0.2) is 77.9 Å². The summed E-state index contributed by atoms with van der Waals surface area (Å²) in [5.74, 6) is 0.805. The number of carbonyl (C=O) groups excluding carboxylic acids is 1. The van der Waals surface area contributed by atoms with E-state index in [2.05, 4.69) is 33.4 Å². The number of carbonyl (C=O) groups is 2. The Morgan fingerprint density at radius 3 is 2.59 bits per heavy atom. The van der Waals surface area contributed by atoms with Crippen LogP contribution >= 0.6 is 15.9 Å². The number of fused-ring (bicyclic) bond motifs is 2. The molecule has 242 valence electrons. The monoisotopic (exact) mass is 691 g/mol. The number of nitrogens with zero attached hydrogens (tertiary/aromatic N) is 2. The summed E-state index contributed by atoms with van der Waals surface area (Å²) < 4.78 is 26.1. The average molecular weight is 693 g/mol. The standard InChI is InChI=1S/C36H39BrFN3O5/c1-23-4-2-6-29(18-23)45-17-15-40(27-12-13-27)35(42)34-30(20-28-21-39-22-32(34)41(28)36(43)44)25-9-7-24(8-10-25)5-3-16-46-33-19-26(38)11-14-31(33)37/h2,4,6-11,14,18-19,27-28,32,39H,3,5,12-13,15-17,20-22H2,1H3,(H,43,44)/t28-,32-/m1/s1. The van der Waals surface area contributed by atoms with Gasteiger partial charge in [0.1, 0.15) is 23.9 Å². The van der Waals surface area contributed by atoms with E-state index in [1.807, 2.05) is 48.2 Å². The lowest BCUT2D eigenvalue weighted by Crippen LogP contribution is -2.63. The lowest BCUT2D eigenvalue weighted by atomic mass is 9.81. The number of aryl methyl sites for hydroxylation is 2. The first-order chi connectivity index (χ1) is 22.3. The Labute approximate surface area is 277 Å². The van der Waals surface area contributed by atoms with Gasteiger partial charge in [-0.1, -0.05) is 36.4 Å². The fourth-order valence-electron chi connectivity index (χ4n) is 6.51. The number of hydrogen-bond donors (Lipinski definition) is 2. The summed E-state index contributed by atoms with van der Waals surface area (Å²) in [6, 6.07) is 19.8. The average Bonchev–Trinajstić information content (AvgIpc) is 3.88. The molecule has 3 aromatic rings. The molecule has 1 saturated carbocycles. The van der Waals surface area contributed by atoms with Crippen molar-refractivity contribution < 1.29 is 28.6 Å². The van der Waals surface area contributed by atoms with Gasteiger partial charge in [-0.25, -0.2) is 9.18 Å². The summed E-state index contributed by atoms with van der Waals surface area (Å²) in [6.07, 6.45) is 2.85. The SMILES string of the molecule is Cc1cccc(OCCN(C(=O)C2=C(c3ccc(CCCOc4cc(F)ccc4Br)cc3)C[C@@H]3CNC[C@H]2N3C(=O)O)C2CC2)c1. The van der Waals surface area contributed by atoms with E-state index in [-0.39, 0.29) is 23.8 Å². The van der Waals surface area contributed by atoms with Crippen LogP contribution in [-0.2, 0) is 11.2 Å². The molecule has 6 rings (SSSR count). The Balaban J connectivity index is 1.20. The summed E-state index contributed by atoms with van der Waals surface area (Å²) in [5.41, 5.74) is 4.66. The lowest BCUT2D eigenvalue weighted by molar-refractivity contribution is -0.129. The van der Waals surface area contributed by atoms with Gasteiger partial charge in [0.25, 0.3) is 5.91 Å². The third-order valence-electron chi connectivity index (χ3n) is 8.90. The van der Waals surface area contributed by atoms with E-state index in [0.29, 0.717) is 55.1 Å². The molecule has 10 heteroatoms. The number of halogens is 2. The Kier molecular flexibility index (Phi) is 9.94. The second kappa shape index (κ2) is 14.3. The highest BCUT2D eigenvalue weighted by atomic mass is 79.9. The molecule has 2 fully saturated rings. The molecule has 3 aromatic carbocycles. The molecule has 2 heterocycles. The van der Waals surface area contributed by atoms with Crippen LogP contribution in [0.1, 0.15) is 42.4 Å². The molecule has 0 unspecified atom stereocenters. The Morgan fingerprint density at radius 2 is 1.85 bits per heavy atom. The number of carboxylic acid groups (broad SMARTS) is 1. The van der Waals surface area contributed by atoms with Crippen molar-refractivity contribution in [3.05, 3.63) is 99.3 Å². The second-order valence-corrected chi connectivity index (χ2v) is 13.1. The van der Waals surface area contributed by atoms with Gasteiger partial charge in [-0.2, -0.15) is 0 Å². The number of benzene rings is 3. The Bertz CT molecular complexity index is 1610. The summed E-state index contributed by atoms with van der Waals surface area (Å²) in [4.78, 5) is 30.3. The summed E-state index contributed by atoms with van der Waals surface area (Å²) in [5, 5.41) is 13.6. The van der Waals surface area contributed by atoms with Crippen molar-refractivity contribution in [1.82, 2.24) is 15.1 Å². The first kappa shape index (κ1) is 32.1. The Hall–Kier alpha value is -3.89. The van der Waals surface area contributed by atoms with Gasteiger partial charge in [0.05, 0.1) is 29.7 Å². The molecule has 3 aliphatic rings. The van der Waals surface area contributed by atoms with E-state index in [0.717, 1.165) is 53.7 Å². The summed E-state index contributed by atoms with van der Waals surface area (Å²) in [6.45, 7) is 4.18. The molecule has 2 aliphatic heterocycles. The number of nitrogens with one attached hydrogen (secondary N) is 1. The largest absolute Gasteiger partial charge is 0.492 e. The van der Waals surface area contributed by atoms with E-state index in [1.54, 1.807) is 6.07 Å². The highest BCUT2D eigenvalue weighted by Gasteiger charge is 2.46. The van der Waals surface area contributed by atoms with E-state index >= 15 is 0 Å². The molecule has 0 aromatic heterocycles. The quantitative estimate of drug-likeness (QED) is 0.212. The van der Waals surface area contributed by atoms with Gasteiger partial charge >= 0.3 is 6.09 Å². The van der Waals surface area contributed by atoms with E-state index < -0.39 is 12.1 Å². The molecule has 2 amide bonds. The van der Waals surface area contributed by atoms with Crippen LogP contribution in [0.3, 0.4) is 0 Å². The van der Waals surface area contributed by atoms with Crippen molar-refractivity contribution >= 4 is 33.5 Å². The molecular weight excluding hydrogens is 653 g/mol. The number of piperazine rings is 1. The molecular formula is C36H39BrFN3O5. The molecule has 1 saturated heterocycles. The van der Waals surface area contributed by atoms with Crippen molar-refractivity contribution in [2.24, 2.45) is 0 Å². The van der Waals surface area contributed by atoms with Gasteiger partial charge in [0.2, 0.25) is 0 Å². The molecule has 2 atom stereocenters. The van der Waals surface area contributed by atoms with Crippen LogP contribution in [0.25, 0.3) is 5.57 Å². The minimum atomic E-state index is -0.996. The van der Waals surface area contributed by atoms with Crippen molar-refractivity contribution in [2.45, 2.75) is 57.2 Å². The van der Waals surface area contributed by atoms with Gasteiger partial charge in [-0.05, 0) is 101 Å². The van der Waals surface area contributed by atoms with Crippen LogP contribution in [0.2, 0.25) is 0 Å². The van der Waals surface area contributed by atoms with E-state index in [4.69, 9.17) is 9.47 Å². The molecule has 0 spiro atoms. The summed E-state index contributed by atoms with van der Waals surface area (Å²) >= 11 is 3.39. The first-order valence-electron chi connectivity index (χ1n) is 15.9. The topological polar surface area (TPSA) is 91.3 Å². The number of hydrogen-bond acceptors (Lipinski definition) is 5. The van der Waals surface area contributed by atoms with Crippen LogP contribution in [0.4, 0.5) is 9.18 Å². The molecule has 8 nitrogen and oxygen atoms in total. The maximum absolute atomic E-state index is 14.5. The summed E-state index contributed by atoms with van der Waals surface area (Å²) in [7, 11) is 0. The normalized spacial score (nSPS) is 19.2. The zero-order valence-corrected chi connectivity index (χ0v) is 27.5.